The third-order valence-electron chi connectivity index (χ3n) is 3.14. The molecule has 0 amide bonds. The SMILES string of the molecule is Cc1cccc(Sc2cc(C(=O)O)c3ccccc3n2)c1. The molecular formula is C17H13NO2S. The third kappa shape index (κ3) is 2.90. The summed E-state index contributed by atoms with van der Waals surface area (Å²) < 4.78 is 0. The van der Waals surface area contributed by atoms with Gasteiger partial charge in [-0.2, -0.15) is 0 Å². The molecule has 0 spiro atoms. The summed E-state index contributed by atoms with van der Waals surface area (Å²) in [5.41, 5.74) is 2.16. The standard InChI is InChI=1S/C17H13NO2S/c1-11-5-4-6-12(9-11)21-16-10-14(17(19)20)13-7-2-3-8-15(13)18-16/h2-10H,1H3,(H,19,20). The number of fused-ring (bicyclic) bond motifs is 1. The average Bonchev–Trinajstić information content (AvgIpc) is 2.46. The normalized spacial score (nSPS) is 10.7. The van der Waals surface area contributed by atoms with Crippen LogP contribution in [0.5, 0.6) is 0 Å². The monoisotopic (exact) mass is 295 g/mol. The number of aromatic nitrogens is 1. The number of aromatic carboxylic acids is 1. The summed E-state index contributed by atoms with van der Waals surface area (Å²) >= 11 is 1.47. The molecule has 3 rings (SSSR count). The first-order valence-electron chi connectivity index (χ1n) is 6.51. The molecule has 1 heterocycles. The third-order valence-corrected chi connectivity index (χ3v) is 4.04. The Kier molecular flexibility index (Phi) is 3.62. The van der Waals surface area contributed by atoms with Crippen molar-refractivity contribution >= 4 is 28.6 Å². The molecule has 0 aliphatic rings. The van der Waals surface area contributed by atoms with Gasteiger partial charge in [-0.3, -0.25) is 0 Å². The molecule has 0 saturated heterocycles. The topological polar surface area (TPSA) is 50.2 Å². The van der Waals surface area contributed by atoms with Gasteiger partial charge in [-0.25, -0.2) is 9.78 Å². The molecule has 0 atom stereocenters. The minimum absolute atomic E-state index is 0.288. The van der Waals surface area contributed by atoms with Crippen LogP contribution in [0.15, 0.2) is 64.5 Å². The zero-order chi connectivity index (χ0) is 14.8. The van der Waals surface area contributed by atoms with E-state index in [9.17, 15) is 9.90 Å². The molecule has 0 aliphatic heterocycles. The van der Waals surface area contributed by atoms with E-state index in [1.807, 2.05) is 43.3 Å². The second-order valence-electron chi connectivity index (χ2n) is 4.75. The Bertz CT molecular complexity index is 830. The maximum Gasteiger partial charge on any atom is 0.336 e. The van der Waals surface area contributed by atoms with Crippen molar-refractivity contribution in [1.82, 2.24) is 4.98 Å². The highest BCUT2D eigenvalue weighted by Crippen LogP contribution is 2.30. The number of benzene rings is 2. The first kappa shape index (κ1) is 13.6. The Hall–Kier alpha value is -2.33. The molecule has 2 aromatic carbocycles. The van der Waals surface area contributed by atoms with Crippen molar-refractivity contribution in [1.29, 1.82) is 0 Å². The van der Waals surface area contributed by atoms with Crippen LogP contribution < -0.4 is 0 Å². The van der Waals surface area contributed by atoms with Gasteiger partial charge < -0.3 is 5.11 Å². The van der Waals surface area contributed by atoms with Gasteiger partial charge in [-0.1, -0.05) is 47.7 Å². The van der Waals surface area contributed by atoms with Crippen molar-refractivity contribution in [2.75, 3.05) is 0 Å². The minimum atomic E-state index is -0.931. The van der Waals surface area contributed by atoms with E-state index in [0.29, 0.717) is 15.9 Å². The van der Waals surface area contributed by atoms with Gasteiger partial charge in [0.1, 0.15) is 5.03 Å². The van der Waals surface area contributed by atoms with Crippen LogP contribution in [0.1, 0.15) is 15.9 Å². The molecule has 0 bridgehead atoms. The number of carboxylic acids is 1. The first-order valence-corrected chi connectivity index (χ1v) is 7.33. The minimum Gasteiger partial charge on any atom is -0.478 e. The number of nitrogens with zero attached hydrogens (tertiary/aromatic N) is 1. The van der Waals surface area contributed by atoms with Crippen LogP contribution in [0.2, 0.25) is 0 Å². The molecule has 0 unspecified atom stereocenters. The van der Waals surface area contributed by atoms with Gasteiger partial charge in [-0.15, -0.1) is 0 Å². The van der Waals surface area contributed by atoms with E-state index < -0.39 is 5.97 Å². The van der Waals surface area contributed by atoms with Crippen molar-refractivity contribution in [3.8, 4) is 0 Å². The number of carbonyl (C=O) groups is 1. The van der Waals surface area contributed by atoms with Crippen LogP contribution in [-0.4, -0.2) is 16.1 Å². The lowest BCUT2D eigenvalue weighted by Gasteiger charge is -2.07. The Labute approximate surface area is 126 Å². The van der Waals surface area contributed by atoms with Crippen molar-refractivity contribution in [2.45, 2.75) is 16.8 Å². The Morgan fingerprint density at radius 2 is 1.90 bits per heavy atom. The van der Waals surface area contributed by atoms with Crippen LogP contribution >= 0.6 is 11.8 Å². The molecule has 0 aliphatic carbocycles. The van der Waals surface area contributed by atoms with Crippen molar-refractivity contribution in [3.63, 3.8) is 0 Å². The van der Waals surface area contributed by atoms with Crippen LogP contribution in [-0.2, 0) is 0 Å². The van der Waals surface area contributed by atoms with E-state index >= 15 is 0 Å². The summed E-state index contributed by atoms with van der Waals surface area (Å²) in [5, 5.41) is 10.7. The largest absolute Gasteiger partial charge is 0.478 e. The second kappa shape index (κ2) is 5.58. The van der Waals surface area contributed by atoms with Gasteiger partial charge in [0, 0.05) is 10.3 Å². The first-order chi connectivity index (χ1) is 10.1. The Morgan fingerprint density at radius 1 is 1.10 bits per heavy atom. The maximum absolute atomic E-state index is 11.4. The lowest BCUT2D eigenvalue weighted by atomic mass is 10.1. The molecule has 3 nitrogen and oxygen atoms in total. The fraction of sp³-hybridized carbons (Fsp3) is 0.0588. The fourth-order valence-corrected chi connectivity index (χ4v) is 3.13. The highest BCUT2D eigenvalue weighted by atomic mass is 32.2. The molecule has 0 fully saturated rings. The average molecular weight is 295 g/mol. The fourth-order valence-electron chi connectivity index (χ4n) is 2.18. The Morgan fingerprint density at radius 3 is 2.67 bits per heavy atom. The van der Waals surface area contributed by atoms with E-state index in [1.165, 1.54) is 17.3 Å². The summed E-state index contributed by atoms with van der Waals surface area (Å²) in [4.78, 5) is 17.0. The molecular weight excluding hydrogens is 282 g/mol. The van der Waals surface area contributed by atoms with Gasteiger partial charge >= 0.3 is 5.97 Å². The van der Waals surface area contributed by atoms with Gasteiger partial charge in [0.25, 0.3) is 0 Å². The Balaban J connectivity index is 2.09. The molecule has 3 aromatic rings. The van der Waals surface area contributed by atoms with E-state index in [1.54, 1.807) is 12.1 Å². The maximum atomic E-state index is 11.4. The molecule has 104 valence electrons. The summed E-state index contributed by atoms with van der Waals surface area (Å²) in [5.74, 6) is -0.931. The van der Waals surface area contributed by atoms with Crippen LogP contribution in [0.4, 0.5) is 0 Å². The molecule has 4 heteroatoms. The highest BCUT2D eigenvalue weighted by molar-refractivity contribution is 7.99. The van der Waals surface area contributed by atoms with Gasteiger partial charge in [0.05, 0.1) is 11.1 Å². The summed E-state index contributed by atoms with van der Waals surface area (Å²) in [6.45, 7) is 2.03. The lowest BCUT2D eigenvalue weighted by molar-refractivity contribution is 0.0698. The predicted octanol–water partition coefficient (Wildman–Crippen LogP) is 4.39. The number of aryl methyl sites for hydroxylation is 1. The van der Waals surface area contributed by atoms with Crippen molar-refractivity contribution in [2.24, 2.45) is 0 Å². The second-order valence-corrected chi connectivity index (χ2v) is 5.84. The molecule has 0 saturated carbocycles. The zero-order valence-electron chi connectivity index (χ0n) is 11.4. The summed E-state index contributed by atoms with van der Waals surface area (Å²) in [7, 11) is 0. The van der Waals surface area contributed by atoms with Crippen molar-refractivity contribution < 1.29 is 9.90 Å². The smallest absolute Gasteiger partial charge is 0.336 e. The van der Waals surface area contributed by atoms with Crippen LogP contribution in [0.3, 0.4) is 0 Å². The molecule has 0 radical (unpaired) electrons. The van der Waals surface area contributed by atoms with Gasteiger partial charge in [-0.05, 0) is 31.2 Å². The number of carboxylic acid groups (broad SMARTS) is 1. The van der Waals surface area contributed by atoms with Crippen molar-refractivity contribution in [3.05, 3.63) is 65.7 Å². The zero-order valence-corrected chi connectivity index (χ0v) is 12.2. The van der Waals surface area contributed by atoms with Crippen LogP contribution in [0, 0.1) is 6.92 Å². The van der Waals surface area contributed by atoms with Gasteiger partial charge in [0.2, 0.25) is 0 Å². The summed E-state index contributed by atoms with van der Waals surface area (Å²) in [6, 6.07) is 17.0. The molecule has 1 N–H and O–H groups in total. The van der Waals surface area contributed by atoms with E-state index in [4.69, 9.17) is 0 Å². The van der Waals surface area contributed by atoms with E-state index in [0.717, 1.165) is 4.90 Å². The predicted molar refractivity (Wildman–Crippen MR) is 84.0 cm³/mol. The van der Waals surface area contributed by atoms with Gasteiger partial charge in [0.15, 0.2) is 0 Å². The number of hydrogen-bond donors (Lipinski definition) is 1. The highest BCUT2D eigenvalue weighted by Gasteiger charge is 2.12. The van der Waals surface area contributed by atoms with E-state index in [-0.39, 0.29) is 5.56 Å². The lowest BCUT2D eigenvalue weighted by Crippen LogP contribution is -1.99. The number of pyridine rings is 1. The molecule has 1 aromatic heterocycles. The number of para-hydroxylation sites is 1. The molecule has 21 heavy (non-hydrogen) atoms. The number of hydrogen-bond acceptors (Lipinski definition) is 3. The van der Waals surface area contributed by atoms with Crippen LogP contribution in [0.25, 0.3) is 10.9 Å². The summed E-state index contributed by atoms with van der Waals surface area (Å²) in [6.07, 6.45) is 0. The quantitative estimate of drug-likeness (QED) is 0.778. The number of rotatable bonds is 3. The van der Waals surface area contributed by atoms with E-state index in [2.05, 4.69) is 11.1 Å².